The van der Waals surface area contributed by atoms with Crippen LogP contribution in [0.2, 0.25) is 0 Å². The zero-order valence-electron chi connectivity index (χ0n) is 21.6. The molecule has 1 aliphatic heterocycles. The van der Waals surface area contributed by atoms with E-state index in [2.05, 4.69) is 71.4 Å². The molecule has 0 saturated heterocycles. The first-order valence-corrected chi connectivity index (χ1v) is 12.7. The first-order valence-electron chi connectivity index (χ1n) is 12.7. The van der Waals surface area contributed by atoms with Crippen LogP contribution in [0.25, 0.3) is 21.8 Å². The molecule has 2 aromatic carbocycles. The van der Waals surface area contributed by atoms with Crippen LogP contribution in [0.5, 0.6) is 0 Å². The van der Waals surface area contributed by atoms with Crippen molar-refractivity contribution in [2.24, 2.45) is 12.5 Å². The molecule has 0 saturated carbocycles. The Morgan fingerprint density at radius 1 is 1.03 bits per heavy atom. The molecular weight excluding hydrogens is 460 g/mol. The van der Waals surface area contributed by atoms with Crippen molar-refractivity contribution in [1.82, 2.24) is 14.9 Å². The number of pyridine rings is 1. The highest BCUT2D eigenvalue weighted by Gasteiger charge is 2.42. The van der Waals surface area contributed by atoms with Gasteiger partial charge in [-0.3, -0.25) is 9.59 Å². The van der Waals surface area contributed by atoms with Gasteiger partial charge in [0.2, 0.25) is 0 Å². The number of nitrogens with zero attached hydrogens (tertiary/aromatic N) is 2. The van der Waals surface area contributed by atoms with Gasteiger partial charge in [0, 0.05) is 69.9 Å². The molecule has 6 heteroatoms. The van der Waals surface area contributed by atoms with Gasteiger partial charge < -0.3 is 15.2 Å². The molecule has 3 heterocycles. The van der Waals surface area contributed by atoms with Crippen LogP contribution in [0, 0.1) is 5.41 Å². The molecule has 4 aromatic rings. The van der Waals surface area contributed by atoms with Crippen molar-refractivity contribution in [3.63, 3.8) is 0 Å². The lowest BCUT2D eigenvalue weighted by molar-refractivity contribution is -0.118. The van der Waals surface area contributed by atoms with Crippen molar-refractivity contribution in [2.75, 3.05) is 5.32 Å². The number of amides is 1. The molecule has 186 valence electrons. The summed E-state index contributed by atoms with van der Waals surface area (Å²) in [6.07, 6.45) is 2.86. The van der Waals surface area contributed by atoms with Crippen LogP contribution in [0.1, 0.15) is 45.1 Å². The zero-order chi connectivity index (χ0) is 25.9. The normalized spacial score (nSPS) is 19.2. The lowest BCUT2D eigenvalue weighted by atomic mass is 9.68. The van der Waals surface area contributed by atoms with E-state index in [-0.39, 0.29) is 17.1 Å². The van der Waals surface area contributed by atoms with E-state index in [1.165, 1.54) is 0 Å². The molecule has 0 spiro atoms. The highest BCUT2D eigenvalue weighted by Crippen LogP contribution is 2.47. The maximum atomic E-state index is 13.8. The first kappa shape index (κ1) is 23.2. The molecule has 6 rings (SSSR count). The highest BCUT2D eigenvalue weighted by molar-refractivity contribution is 6.11. The summed E-state index contributed by atoms with van der Waals surface area (Å²) in [5, 5.41) is 8.67. The highest BCUT2D eigenvalue weighted by atomic mass is 16.2. The predicted molar refractivity (Wildman–Crippen MR) is 147 cm³/mol. The molecule has 6 nitrogen and oxygen atoms in total. The monoisotopic (exact) mass is 490 g/mol. The van der Waals surface area contributed by atoms with Gasteiger partial charge in [0.15, 0.2) is 5.78 Å². The van der Waals surface area contributed by atoms with E-state index in [0.717, 1.165) is 45.2 Å². The van der Waals surface area contributed by atoms with E-state index in [1.807, 2.05) is 31.2 Å². The van der Waals surface area contributed by atoms with E-state index in [0.29, 0.717) is 23.4 Å². The number of nitrogens with one attached hydrogen (secondary N) is 2. The summed E-state index contributed by atoms with van der Waals surface area (Å²) in [5.41, 5.74) is 6.02. The predicted octanol–water partition coefficient (Wildman–Crippen LogP) is 5.97. The van der Waals surface area contributed by atoms with Crippen LogP contribution in [-0.2, 0) is 16.6 Å². The molecule has 2 aromatic heterocycles. The number of aryl methyl sites for hydroxylation is 1. The summed E-state index contributed by atoms with van der Waals surface area (Å²) in [4.78, 5) is 31.7. The topological polar surface area (TPSA) is 76.0 Å². The zero-order valence-corrected chi connectivity index (χ0v) is 21.6. The van der Waals surface area contributed by atoms with Crippen LogP contribution < -0.4 is 10.6 Å². The van der Waals surface area contributed by atoms with Crippen LogP contribution >= 0.6 is 0 Å². The Morgan fingerprint density at radius 2 is 1.78 bits per heavy atom. The van der Waals surface area contributed by atoms with Crippen LogP contribution in [0.15, 0.2) is 89.4 Å². The molecule has 0 fully saturated rings. The minimum absolute atomic E-state index is 0.0948. The standard InChI is InChI=1S/C31H30N4O2/c1-18-27(30(37)34-26-11-7-8-14-32-26)28(29-22(33-18)16-31(2,3)17-25(29)36)19-12-13-24-21(15-19)20-9-5-6-10-23(20)35(24)4/h5-15,28,33H,16-17H2,1-4H3,(H,32,34,37). The van der Waals surface area contributed by atoms with Crippen molar-refractivity contribution in [3.05, 3.63) is 95.0 Å². The van der Waals surface area contributed by atoms with Gasteiger partial charge in [0.1, 0.15) is 5.82 Å². The lowest BCUT2D eigenvalue weighted by Gasteiger charge is -2.39. The number of Topliss-reactive ketones (excluding diaryl/α,β-unsaturated/α-hetero) is 1. The van der Waals surface area contributed by atoms with Gasteiger partial charge in [-0.1, -0.05) is 44.2 Å². The number of benzene rings is 2. The Kier molecular flexibility index (Phi) is 5.30. The Bertz CT molecular complexity index is 1660. The third-order valence-electron chi connectivity index (χ3n) is 7.66. The average molecular weight is 491 g/mol. The van der Waals surface area contributed by atoms with Gasteiger partial charge in [0.25, 0.3) is 5.91 Å². The van der Waals surface area contributed by atoms with E-state index in [4.69, 9.17) is 0 Å². The number of para-hydroxylation sites is 1. The van der Waals surface area contributed by atoms with Crippen molar-refractivity contribution < 1.29 is 9.59 Å². The van der Waals surface area contributed by atoms with Gasteiger partial charge in [-0.15, -0.1) is 0 Å². The number of allylic oxidation sites excluding steroid dienone is 3. The number of dihydropyridines is 1. The van der Waals surface area contributed by atoms with Crippen molar-refractivity contribution in [2.45, 2.75) is 39.5 Å². The van der Waals surface area contributed by atoms with Crippen molar-refractivity contribution >= 4 is 39.3 Å². The van der Waals surface area contributed by atoms with Crippen LogP contribution in [-0.4, -0.2) is 21.2 Å². The Hall–Kier alpha value is -4.19. The van der Waals surface area contributed by atoms with Gasteiger partial charge in [-0.25, -0.2) is 4.98 Å². The summed E-state index contributed by atoms with van der Waals surface area (Å²) in [6, 6.07) is 20.1. The fourth-order valence-electron chi connectivity index (χ4n) is 6.06. The summed E-state index contributed by atoms with van der Waals surface area (Å²) in [5.74, 6) is -0.146. The number of anilines is 1. The summed E-state index contributed by atoms with van der Waals surface area (Å²) in [7, 11) is 2.07. The average Bonchev–Trinajstić information content (AvgIpc) is 3.14. The second kappa shape index (κ2) is 8.44. The Balaban J connectivity index is 1.54. The molecular formula is C31H30N4O2. The molecule has 1 aliphatic carbocycles. The van der Waals surface area contributed by atoms with Crippen molar-refractivity contribution in [3.8, 4) is 0 Å². The lowest BCUT2D eigenvalue weighted by Crippen LogP contribution is -2.39. The molecule has 2 aliphatic rings. The van der Waals surface area contributed by atoms with Crippen molar-refractivity contribution in [1.29, 1.82) is 0 Å². The first-order chi connectivity index (χ1) is 17.7. The summed E-state index contributed by atoms with van der Waals surface area (Å²) >= 11 is 0. The number of ketones is 1. The Morgan fingerprint density at radius 3 is 2.57 bits per heavy atom. The largest absolute Gasteiger partial charge is 0.362 e. The van der Waals surface area contributed by atoms with E-state index in [9.17, 15) is 9.59 Å². The molecule has 37 heavy (non-hydrogen) atoms. The fraction of sp³-hybridized carbons (Fsp3) is 0.258. The number of hydrogen-bond acceptors (Lipinski definition) is 4. The summed E-state index contributed by atoms with van der Waals surface area (Å²) in [6.45, 7) is 6.17. The SMILES string of the molecule is CC1=C(C(=O)Nc2ccccn2)C(c2ccc3c(c2)c2ccccc2n3C)C2=C(CC(C)(C)CC2=O)N1. The van der Waals surface area contributed by atoms with Gasteiger partial charge in [-0.2, -0.15) is 0 Å². The molecule has 0 bridgehead atoms. The minimum atomic E-state index is -0.466. The third kappa shape index (κ3) is 3.84. The second-order valence-corrected chi connectivity index (χ2v) is 11.0. The number of hydrogen-bond donors (Lipinski definition) is 2. The quantitative estimate of drug-likeness (QED) is 0.371. The second-order valence-electron chi connectivity index (χ2n) is 11.0. The maximum absolute atomic E-state index is 13.8. The number of fused-ring (bicyclic) bond motifs is 3. The van der Waals surface area contributed by atoms with Gasteiger partial charge >= 0.3 is 0 Å². The molecule has 0 radical (unpaired) electrons. The number of aromatic nitrogens is 2. The number of rotatable bonds is 3. The smallest absolute Gasteiger partial charge is 0.255 e. The number of carbonyl (C=O) groups is 2. The van der Waals surface area contributed by atoms with E-state index < -0.39 is 5.92 Å². The number of carbonyl (C=O) groups excluding carboxylic acids is 2. The van der Waals surface area contributed by atoms with E-state index in [1.54, 1.807) is 12.3 Å². The van der Waals surface area contributed by atoms with Crippen LogP contribution in [0.3, 0.4) is 0 Å². The molecule has 1 atom stereocenters. The molecule has 2 N–H and O–H groups in total. The molecule has 1 unspecified atom stereocenters. The maximum Gasteiger partial charge on any atom is 0.255 e. The third-order valence-corrected chi connectivity index (χ3v) is 7.66. The summed E-state index contributed by atoms with van der Waals surface area (Å²) < 4.78 is 2.19. The van der Waals surface area contributed by atoms with E-state index >= 15 is 0 Å². The van der Waals surface area contributed by atoms with Gasteiger partial charge in [-0.05, 0) is 54.7 Å². The Labute approximate surface area is 216 Å². The minimum Gasteiger partial charge on any atom is -0.362 e. The van der Waals surface area contributed by atoms with Crippen LogP contribution in [0.4, 0.5) is 5.82 Å². The molecule has 1 amide bonds. The van der Waals surface area contributed by atoms with Gasteiger partial charge in [0.05, 0.1) is 0 Å². The fourth-order valence-corrected chi connectivity index (χ4v) is 6.06.